The highest BCUT2D eigenvalue weighted by molar-refractivity contribution is 5.65. The molecule has 0 amide bonds. The van der Waals surface area contributed by atoms with E-state index in [0.717, 1.165) is 42.1 Å². The lowest BCUT2D eigenvalue weighted by molar-refractivity contribution is 0.389. The van der Waals surface area contributed by atoms with Crippen molar-refractivity contribution >= 4 is 5.69 Å². The number of nitrogens with zero attached hydrogens (tertiary/aromatic N) is 1. The van der Waals surface area contributed by atoms with Crippen molar-refractivity contribution in [2.75, 3.05) is 32.7 Å². The van der Waals surface area contributed by atoms with Crippen LogP contribution in [0.2, 0.25) is 0 Å². The summed E-state index contributed by atoms with van der Waals surface area (Å²) >= 11 is 0. The van der Waals surface area contributed by atoms with Crippen molar-refractivity contribution in [3.05, 3.63) is 17.7 Å². The Morgan fingerprint density at radius 2 is 1.95 bits per heavy atom. The van der Waals surface area contributed by atoms with E-state index in [2.05, 4.69) is 11.9 Å². The molecule has 0 saturated carbocycles. The van der Waals surface area contributed by atoms with E-state index < -0.39 is 0 Å². The first-order valence-electron chi connectivity index (χ1n) is 6.69. The van der Waals surface area contributed by atoms with Crippen molar-refractivity contribution in [1.82, 2.24) is 0 Å². The number of methoxy groups -OCH3 is 2. The Bertz CT molecular complexity index is 405. The number of hydrogen-bond donors (Lipinski definition) is 1. The smallest absolute Gasteiger partial charge is 0.148 e. The fraction of sp³-hybridized carbons (Fsp3) is 0.600. The summed E-state index contributed by atoms with van der Waals surface area (Å²) in [6, 6.07) is 4.28. The van der Waals surface area contributed by atoms with E-state index in [0.29, 0.717) is 0 Å². The van der Waals surface area contributed by atoms with Gasteiger partial charge >= 0.3 is 0 Å². The Morgan fingerprint density at radius 3 is 2.47 bits per heavy atom. The number of hydrogen-bond acceptors (Lipinski definition) is 4. The summed E-state index contributed by atoms with van der Waals surface area (Å²) < 4.78 is 10.8. The van der Waals surface area contributed by atoms with E-state index in [4.69, 9.17) is 15.2 Å². The highest BCUT2D eigenvalue weighted by Gasteiger charge is 2.14. The molecule has 1 rings (SSSR count). The first-order valence-corrected chi connectivity index (χ1v) is 6.69. The SMILES string of the molecule is COc1ccc(N(C)CCCC(C)N)c(OC)c1C. The Labute approximate surface area is 116 Å². The summed E-state index contributed by atoms with van der Waals surface area (Å²) in [6.07, 6.45) is 2.10. The van der Waals surface area contributed by atoms with Crippen LogP contribution >= 0.6 is 0 Å². The van der Waals surface area contributed by atoms with E-state index in [1.807, 2.05) is 26.0 Å². The molecule has 0 aliphatic heterocycles. The summed E-state index contributed by atoms with van der Waals surface area (Å²) in [7, 11) is 5.44. The fourth-order valence-electron chi connectivity index (χ4n) is 2.21. The van der Waals surface area contributed by atoms with Gasteiger partial charge in [0.2, 0.25) is 0 Å². The molecule has 19 heavy (non-hydrogen) atoms. The monoisotopic (exact) mass is 266 g/mol. The van der Waals surface area contributed by atoms with Crippen molar-refractivity contribution in [2.45, 2.75) is 32.7 Å². The molecule has 4 nitrogen and oxygen atoms in total. The average molecular weight is 266 g/mol. The highest BCUT2D eigenvalue weighted by Crippen LogP contribution is 2.36. The van der Waals surface area contributed by atoms with Crippen molar-refractivity contribution in [3.8, 4) is 11.5 Å². The second-order valence-corrected chi connectivity index (χ2v) is 4.99. The summed E-state index contributed by atoms with van der Waals surface area (Å²) in [5.41, 5.74) is 7.89. The lowest BCUT2D eigenvalue weighted by Crippen LogP contribution is -2.22. The average Bonchev–Trinajstić information content (AvgIpc) is 2.37. The van der Waals surface area contributed by atoms with Crippen molar-refractivity contribution < 1.29 is 9.47 Å². The van der Waals surface area contributed by atoms with E-state index in [-0.39, 0.29) is 6.04 Å². The number of benzene rings is 1. The third-order valence-corrected chi connectivity index (χ3v) is 3.32. The van der Waals surface area contributed by atoms with Crippen LogP contribution in [0.25, 0.3) is 0 Å². The van der Waals surface area contributed by atoms with Gasteiger partial charge in [0.25, 0.3) is 0 Å². The molecule has 0 heterocycles. The van der Waals surface area contributed by atoms with Gasteiger partial charge in [-0.05, 0) is 38.8 Å². The second kappa shape index (κ2) is 7.24. The Morgan fingerprint density at radius 1 is 1.26 bits per heavy atom. The predicted octanol–water partition coefficient (Wildman–Crippen LogP) is 2.58. The van der Waals surface area contributed by atoms with Crippen LogP contribution in [0.1, 0.15) is 25.3 Å². The molecule has 0 bridgehead atoms. The van der Waals surface area contributed by atoms with Gasteiger partial charge < -0.3 is 20.1 Å². The van der Waals surface area contributed by atoms with Gasteiger partial charge in [0.15, 0.2) is 0 Å². The molecule has 4 heteroatoms. The maximum absolute atomic E-state index is 5.78. The molecule has 1 unspecified atom stereocenters. The van der Waals surface area contributed by atoms with Gasteiger partial charge in [0.05, 0.1) is 19.9 Å². The predicted molar refractivity (Wildman–Crippen MR) is 80.4 cm³/mol. The summed E-state index contributed by atoms with van der Waals surface area (Å²) in [4.78, 5) is 2.20. The van der Waals surface area contributed by atoms with Crippen LogP contribution in [0, 0.1) is 6.92 Å². The standard InChI is InChI=1S/C15H26N2O2/c1-11(16)7-6-10-17(3)13-8-9-14(18-4)12(2)15(13)19-5/h8-9,11H,6-7,10,16H2,1-5H3. The largest absolute Gasteiger partial charge is 0.496 e. The second-order valence-electron chi connectivity index (χ2n) is 4.99. The minimum absolute atomic E-state index is 0.257. The van der Waals surface area contributed by atoms with Gasteiger partial charge in [-0.15, -0.1) is 0 Å². The van der Waals surface area contributed by atoms with E-state index in [1.54, 1.807) is 14.2 Å². The van der Waals surface area contributed by atoms with Crippen LogP contribution < -0.4 is 20.1 Å². The highest BCUT2D eigenvalue weighted by atomic mass is 16.5. The quantitative estimate of drug-likeness (QED) is 0.824. The molecule has 0 saturated heterocycles. The third kappa shape index (κ3) is 4.03. The minimum atomic E-state index is 0.257. The number of anilines is 1. The van der Waals surface area contributed by atoms with Crippen molar-refractivity contribution in [1.29, 1.82) is 0 Å². The zero-order valence-electron chi connectivity index (χ0n) is 12.7. The molecule has 2 N–H and O–H groups in total. The Balaban J connectivity index is 2.84. The zero-order chi connectivity index (χ0) is 14.4. The summed E-state index contributed by atoms with van der Waals surface area (Å²) in [5, 5.41) is 0. The summed E-state index contributed by atoms with van der Waals surface area (Å²) in [6.45, 7) is 5.01. The molecule has 0 aliphatic rings. The van der Waals surface area contributed by atoms with Crippen LogP contribution in [0.5, 0.6) is 11.5 Å². The molecule has 0 fully saturated rings. The van der Waals surface area contributed by atoms with Gasteiger partial charge in [0, 0.05) is 25.2 Å². The maximum atomic E-state index is 5.78. The molecule has 0 aliphatic carbocycles. The van der Waals surface area contributed by atoms with Crippen LogP contribution in [-0.2, 0) is 0 Å². The number of nitrogens with two attached hydrogens (primary N) is 1. The first-order chi connectivity index (χ1) is 9.01. The van der Waals surface area contributed by atoms with Crippen molar-refractivity contribution in [2.24, 2.45) is 5.73 Å². The first kappa shape index (κ1) is 15.6. The molecule has 0 spiro atoms. The van der Waals surface area contributed by atoms with Gasteiger partial charge in [-0.25, -0.2) is 0 Å². The molecule has 1 aromatic carbocycles. The van der Waals surface area contributed by atoms with Crippen LogP contribution in [0.3, 0.4) is 0 Å². The fourth-order valence-corrected chi connectivity index (χ4v) is 2.21. The van der Waals surface area contributed by atoms with E-state index in [9.17, 15) is 0 Å². The maximum Gasteiger partial charge on any atom is 0.148 e. The van der Waals surface area contributed by atoms with Crippen molar-refractivity contribution in [3.63, 3.8) is 0 Å². The van der Waals surface area contributed by atoms with Gasteiger partial charge in [-0.1, -0.05) is 0 Å². The molecule has 108 valence electrons. The van der Waals surface area contributed by atoms with Crippen LogP contribution in [-0.4, -0.2) is 33.9 Å². The Kier molecular flexibility index (Phi) is 5.96. The summed E-state index contributed by atoms with van der Waals surface area (Å²) in [5.74, 6) is 1.73. The normalized spacial score (nSPS) is 12.1. The van der Waals surface area contributed by atoms with Gasteiger partial charge in [0.1, 0.15) is 11.5 Å². The topological polar surface area (TPSA) is 47.7 Å². The van der Waals surface area contributed by atoms with E-state index >= 15 is 0 Å². The lowest BCUT2D eigenvalue weighted by Gasteiger charge is -2.24. The number of ether oxygens (including phenoxy) is 2. The van der Waals surface area contributed by atoms with Gasteiger partial charge in [-0.3, -0.25) is 0 Å². The minimum Gasteiger partial charge on any atom is -0.496 e. The van der Waals surface area contributed by atoms with Crippen LogP contribution in [0.4, 0.5) is 5.69 Å². The van der Waals surface area contributed by atoms with Crippen LogP contribution in [0.15, 0.2) is 12.1 Å². The Hall–Kier alpha value is -1.42. The molecule has 1 atom stereocenters. The molecule has 0 aromatic heterocycles. The molecule has 0 radical (unpaired) electrons. The molecular formula is C15H26N2O2. The lowest BCUT2D eigenvalue weighted by atomic mass is 10.1. The van der Waals surface area contributed by atoms with Gasteiger partial charge in [-0.2, -0.15) is 0 Å². The third-order valence-electron chi connectivity index (χ3n) is 3.32. The van der Waals surface area contributed by atoms with E-state index in [1.165, 1.54) is 0 Å². The number of rotatable bonds is 7. The molecule has 1 aromatic rings. The molecular weight excluding hydrogens is 240 g/mol. The zero-order valence-corrected chi connectivity index (χ0v) is 12.7.